The van der Waals surface area contributed by atoms with E-state index in [4.69, 9.17) is 5.84 Å². The highest BCUT2D eigenvalue weighted by atomic mass is 16.6. The fraction of sp³-hybridized carbons (Fsp3) is 0. The normalized spacial score (nSPS) is 9.42. The average Bonchev–Trinajstić information content (AvgIpc) is 2.50. The van der Waals surface area contributed by atoms with Crippen molar-refractivity contribution in [3.63, 3.8) is 0 Å². The molecule has 0 spiro atoms. The molecular weight excluding hydrogens is 166 g/mol. The molecule has 0 aliphatic heterocycles. The van der Waals surface area contributed by atoms with Crippen molar-refractivity contribution in [3.8, 4) is 0 Å². The molecule has 0 fully saturated rings. The maximum Gasteiger partial charge on any atom is 0.353 e. The van der Waals surface area contributed by atoms with E-state index in [1.54, 1.807) is 5.43 Å². The highest BCUT2D eigenvalue weighted by molar-refractivity contribution is 5.95. The number of hydrazine groups is 1. The van der Waals surface area contributed by atoms with Gasteiger partial charge in [0.25, 0.3) is 5.91 Å². The van der Waals surface area contributed by atoms with Crippen molar-refractivity contribution in [2.45, 2.75) is 0 Å². The zero-order valence-corrected chi connectivity index (χ0v) is 5.77. The van der Waals surface area contributed by atoms with Crippen molar-refractivity contribution in [1.82, 2.24) is 15.4 Å². The lowest BCUT2D eigenvalue weighted by atomic mass is 10.4. The molecule has 0 unspecified atom stereocenters. The Labute approximate surface area is 65.9 Å². The number of nitrogens with one attached hydrogen (secondary N) is 2. The lowest BCUT2D eigenvalue weighted by molar-refractivity contribution is -0.389. The van der Waals surface area contributed by atoms with Gasteiger partial charge in [-0.1, -0.05) is 0 Å². The summed E-state index contributed by atoms with van der Waals surface area (Å²) in [6.07, 6.45) is 1.04. The number of amides is 1. The molecule has 1 rings (SSSR count). The minimum atomic E-state index is -0.803. The van der Waals surface area contributed by atoms with Gasteiger partial charge >= 0.3 is 5.82 Å². The maximum absolute atomic E-state index is 10.8. The zero-order valence-electron chi connectivity index (χ0n) is 5.77. The van der Waals surface area contributed by atoms with Gasteiger partial charge in [-0.2, -0.15) is 0 Å². The van der Waals surface area contributed by atoms with E-state index in [9.17, 15) is 14.9 Å². The van der Waals surface area contributed by atoms with Crippen LogP contribution in [0.5, 0.6) is 0 Å². The van der Waals surface area contributed by atoms with Crippen molar-refractivity contribution in [2.24, 2.45) is 5.84 Å². The number of carbonyl (C=O) groups is 1. The number of nitrogens with zero attached hydrogens (tertiary/aromatic N) is 2. The minimum Gasteiger partial charge on any atom is -0.358 e. The number of hydrogen-bond acceptors (Lipinski definition) is 5. The summed E-state index contributed by atoms with van der Waals surface area (Å²) in [5.41, 5.74) is 1.41. The van der Waals surface area contributed by atoms with Crippen LogP contribution in [-0.2, 0) is 0 Å². The lowest BCUT2D eigenvalue weighted by Crippen LogP contribution is -2.30. The first-order valence-electron chi connectivity index (χ1n) is 2.85. The number of imidazole rings is 1. The summed E-state index contributed by atoms with van der Waals surface area (Å²) in [6, 6.07) is 0. The van der Waals surface area contributed by atoms with E-state index in [-0.39, 0.29) is 5.69 Å². The van der Waals surface area contributed by atoms with Crippen LogP contribution in [0.3, 0.4) is 0 Å². The quantitative estimate of drug-likeness (QED) is 0.226. The van der Waals surface area contributed by atoms with Crippen molar-refractivity contribution >= 4 is 11.7 Å². The van der Waals surface area contributed by atoms with Gasteiger partial charge in [0.05, 0.1) is 0 Å². The summed E-state index contributed by atoms with van der Waals surface area (Å²) < 4.78 is 0. The second-order valence-electron chi connectivity index (χ2n) is 1.83. The summed E-state index contributed by atoms with van der Waals surface area (Å²) in [7, 11) is 0. The van der Waals surface area contributed by atoms with Gasteiger partial charge in [-0.3, -0.25) is 10.2 Å². The summed E-state index contributed by atoms with van der Waals surface area (Å²) in [5, 5.41) is 10.2. The molecule has 0 saturated heterocycles. The largest absolute Gasteiger partial charge is 0.358 e. The summed E-state index contributed by atoms with van der Waals surface area (Å²) in [6.45, 7) is 0. The first-order valence-corrected chi connectivity index (χ1v) is 2.85. The Kier molecular flexibility index (Phi) is 2.01. The number of hydrogen-bond donors (Lipinski definition) is 3. The van der Waals surface area contributed by atoms with Crippen LogP contribution in [0.1, 0.15) is 10.5 Å². The highest BCUT2D eigenvalue weighted by Gasteiger charge is 2.21. The van der Waals surface area contributed by atoms with Gasteiger partial charge in [-0.25, -0.2) is 15.8 Å². The molecule has 0 aliphatic rings. The molecule has 1 aromatic heterocycles. The molecule has 0 radical (unpaired) electrons. The molecule has 1 amide bonds. The Balaban J connectivity index is 3.07. The number of aromatic nitrogens is 2. The Hall–Kier alpha value is -1.96. The minimum absolute atomic E-state index is 0.331. The molecule has 0 saturated carbocycles. The van der Waals surface area contributed by atoms with Crippen LogP contribution in [0.25, 0.3) is 0 Å². The number of nitro groups is 1. The predicted molar refractivity (Wildman–Crippen MR) is 36.9 cm³/mol. The SMILES string of the molecule is NNC(=O)c1nc[nH]c1[N+](=O)[O-]. The lowest BCUT2D eigenvalue weighted by Gasteiger charge is -1.94. The molecule has 4 N–H and O–H groups in total. The summed E-state index contributed by atoms with van der Waals surface area (Å²) in [4.78, 5) is 25.9. The number of nitrogens with two attached hydrogens (primary N) is 1. The fourth-order valence-corrected chi connectivity index (χ4v) is 0.661. The molecule has 0 atom stereocenters. The molecule has 12 heavy (non-hydrogen) atoms. The van der Waals surface area contributed by atoms with E-state index < -0.39 is 16.6 Å². The molecule has 0 bridgehead atoms. The van der Waals surface area contributed by atoms with E-state index in [1.165, 1.54) is 0 Å². The van der Waals surface area contributed by atoms with Crippen LogP contribution in [0.4, 0.5) is 5.82 Å². The van der Waals surface area contributed by atoms with Crippen LogP contribution >= 0.6 is 0 Å². The van der Waals surface area contributed by atoms with Gasteiger partial charge in [-0.05, 0) is 4.92 Å². The smallest absolute Gasteiger partial charge is 0.353 e. The zero-order chi connectivity index (χ0) is 9.14. The Morgan fingerprint density at radius 1 is 1.83 bits per heavy atom. The standard InChI is InChI=1S/C4H5N5O3/c5-8-4(10)2-3(9(11)12)7-1-6-2/h1H,5H2,(H,6,7)(H,8,10). The van der Waals surface area contributed by atoms with Crippen molar-refractivity contribution in [1.29, 1.82) is 0 Å². The Morgan fingerprint density at radius 2 is 2.50 bits per heavy atom. The van der Waals surface area contributed by atoms with Crippen molar-refractivity contribution < 1.29 is 9.72 Å². The van der Waals surface area contributed by atoms with Crippen molar-refractivity contribution in [3.05, 3.63) is 22.1 Å². The van der Waals surface area contributed by atoms with E-state index >= 15 is 0 Å². The van der Waals surface area contributed by atoms with E-state index in [0.29, 0.717) is 0 Å². The monoisotopic (exact) mass is 171 g/mol. The predicted octanol–water partition coefficient (Wildman–Crippen LogP) is -1.08. The Morgan fingerprint density at radius 3 is 3.00 bits per heavy atom. The molecule has 8 heteroatoms. The molecule has 64 valence electrons. The highest BCUT2D eigenvalue weighted by Crippen LogP contribution is 2.10. The number of nitrogen functional groups attached to an aromatic ring is 1. The third-order valence-electron chi connectivity index (χ3n) is 1.15. The fourth-order valence-electron chi connectivity index (χ4n) is 0.661. The first kappa shape index (κ1) is 8.14. The topological polar surface area (TPSA) is 127 Å². The summed E-state index contributed by atoms with van der Waals surface area (Å²) in [5.74, 6) is 3.48. The summed E-state index contributed by atoms with van der Waals surface area (Å²) >= 11 is 0. The average molecular weight is 171 g/mol. The second kappa shape index (κ2) is 2.96. The van der Waals surface area contributed by atoms with E-state index in [2.05, 4.69) is 9.97 Å². The van der Waals surface area contributed by atoms with Gasteiger partial charge in [0.1, 0.15) is 0 Å². The number of H-pyrrole nitrogens is 1. The molecule has 1 aromatic rings. The third-order valence-corrected chi connectivity index (χ3v) is 1.15. The van der Waals surface area contributed by atoms with E-state index in [1.807, 2.05) is 0 Å². The van der Waals surface area contributed by atoms with Gasteiger partial charge in [0.2, 0.25) is 5.69 Å². The van der Waals surface area contributed by atoms with Crippen LogP contribution in [-0.4, -0.2) is 20.8 Å². The first-order chi connectivity index (χ1) is 5.66. The van der Waals surface area contributed by atoms with Gasteiger partial charge in [-0.15, -0.1) is 0 Å². The molecule has 1 heterocycles. The van der Waals surface area contributed by atoms with Crippen LogP contribution in [0.15, 0.2) is 6.33 Å². The molecule has 8 nitrogen and oxygen atoms in total. The number of carbonyl (C=O) groups excluding carboxylic acids is 1. The van der Waals surface area contributed by atoms with Gasteiger partial charge < -0.3 is 10.1 Å². The van der Waals surface area contributed by atoms with Crippen molar-refractivity contribution in [2.75, 3.05) is 0 Å². The van der Waals surface area contributed by atoms with Crippen LogP contribution in [0, 0.1) is 10.1 Å². The number of rotatable bonds is 2. The third kappa shape index (κ3) is 1.22. The second-order valence-corrected chi connectivity index (χ2v) is 1.83. The molecule has 0 aliphatic carbocycles. The van der Waals surface area contributed by atoms with Crippen LogP contribution < -0.4 is 11.3 Å². The number of aromatic amines is 1. The van der Waals surface area contributed by atoms with Gasteiger partial charge in [0.15, 0.2) is 6.33 Å². The maximum atomic E-state index is 10.8. The molecule has 0 aromatic carbocycles. The van der Waals surface area contributed by atoms with E-state index in [0.717, 1.165) is 6.33 Å². The van der Waals surface area contributed by atoms with Crippen LogP contribution in [0.2, 0.25) is 0 Å². The molecular formula is C4H5N5O3. The Bertz CT molecular complexity index is 318. The van der Waals surface area contributed by atoms with Gasteiger partial charge in [0, 0.05) is 0 Å².